The Hall–Kier alpha value is -1.78. The van der Waals surface area contributed by atoms with E-state index in [9.17, 15) is 4.39 Å². The lowest BCUT2D eigenvalue weighted by atomic mass is 10.1. The summed E-state index contributed by atoms with van der Waals surface area (Å²) in [6.07, 6.45) is 0. The van der Waals surface area contributed by atoms with Gasteiger partial charge in [0.15, 0.2) is 5.82 Å². The standard InChI is InChI=1S/C16H9BrClFN2/c17-13-14(10-4-2-1-3-5-10)20-16(21-15(13)18)11-6-8-12(19)9-7-11/h1-9H. The molecule has 0 aliphatic rings. The van der Waals surface area contributed by atoms with Gasteiger partial charge in [-0.15, -0.1) is 0 Å². The van der Waals surface area contributed by atoms with Crippen LogP contribution in [0, 0.1) is 5.82 Å². The molecule has 0 aliphatic heterocycles. The van der Waals surface area contributed by atoms with Crippen LogP contribution >= 0.6 is 27.5 Å². The van der Waals surface area contributed by atoms with Crippen molar-refractivity contribution in [2.45, 2.75) is 0 Å². The van der Waals surface area contributed by atoms with Gasteiger partial charge in [-0.25, -0.2) is 14.4 Å². The number of hydrogen-bond donors (Lipinski definition) is 0. The molecule has 0 unspecified atom stereocenters. The minimum absolute atomic E-state index is 0.301. The van der Waals surface area contributed by atoms with E-state index in [4.69, 9.17) is 11.6 Å². The van der Waals surface area contributed by atoms with Crippen LogP contribution in [0.25, 0.3) is 22.6 Å². The largest absolute Gasteiger partial charge is 0.227 e. The van der Waals surface area contributed by atoms with Crippen LogP contribution in [0.2, 0.25) is 5.15 Å². The van der Waals surface area contributed by atoms with E-state index in [1.807, 2.05) is 30.3 Å². The van der Waals surface area contributed by atoms with Crippen LogP contribution in [0.5, 0.6) is 0 Å². The highest BCUT2D eigenvalue weighted by atomic mass is 79.9. The second-order valence-corrected chi connectivity index (χ2v) is 5.52. The normalized spacial score (nSPS) is 10.6. The Morgan fingerprint density at radius 3 is 2.19 bits per heavy atom. The van der Waals surface area contributed by atoms with E-state index in [1.54, 1.807) is 12.1 Å². The summed E-state index contributed by atoms with van der Waals surface area (Å²) in [5.41, 5.74) is 2.34. The molecule has 3 rings (SSSR count). The van der Waals surface area contributed by atoms with Crippen molar-refractivity contribution >= 4 is 27.5 Å². The van der Waals surface area contributed by atoms with E-state index in [0.717, 1.165) is 5.56 Å². The molecule has 104 valence electrons. The molecule has 5 heteroatoms. The third-order valence-corrected chi connectivity index (χ3v) is 4.21. The molecule has 0 spiro atoms. The average molecular weight is 364 g/mol. The van der Waals surface area contributed by atoms with Gasteiger partial charge in [0.1, 0.15) is 11.0 Å². The highest BCUT2D eigenvalue weighted by Gasteiger charge is 2.13. The number of halogens is 3. The molecule has 21 heavy (non-hydrogen) atoms. The van der Waals surface area contributed by atoms with Gasteiger partial charge in [-0.3, -0.25) is 0 Å². The molecule has 0 saturated carbocycles. The first-order valence-electron chi connectivity index (χ1n) is 6.19. The molecule has 0 aliphatic carbocycles. The summed E-state index contributed by atoms with van der Waals surface area (Å²) in [6, 6.07) is 15.7. The van der Waals surface area contributed by atoms with Crippen molar-refractivity contribution in [2.24, 2.45) is 0 Å². The van der Waals surface area contributed by atoms with Gasteiger partial charge in [0.25, 0.3) is 0 Å². The van der Waals surface area contributed by atoms with Crippen molar-refractivity contribution in [1.29, 1.82) is 0 Å². The lowest BCUT2D eigenvalue weighted by Gasteiger charge is -2.08. The van der Waals surface area contributed by atoms with Gasteiger partial charge in [-0.1, -0.05) is 41.9 Å². The van der Waals surface area contributed by atoms with E-state index in [-0.39, 0.29) is 5.82 Å². The van der Waals surface area contributed by atoms with E-state index in [0.29, 0.717) is 26.7 Å². The summed E-state index contributed by atoms with van der Waals surface area (Å²) < 4.78 is 13.7. The third kappa shape index (κ3) is 2.96. The van der Waals surface area contributed by atoms with E-state index >= 15 is 0 Å². The quantitative estimate of drug-likeness (QED) is 0.572. The van der Waals surface area contributed by atoms with Gasteiger partial charge in [0.05, 0.1) is 10.2 Å². The van der Waals surface area contributed by atoms with E-state index in [1.165, 1.54) is 12.1 Å². The van der Waals surface area contributed by atoms with Crippen LogP contribution in [0.4, 0.5) is 4.39 Å². The van der Waals surface area contributed by atoms with Gasteiger partial charge < -0.3 is 0 Å². The molecular weight excluding hydrogens is 355 g/mol. The van der Waals surface area contributed by atoms with Gasteiger partial charge in [-0.2, -0.15) is 0 Å². The van der Waals surface area contributed by atoms with Crippen molar-refractivity contribution in [3.63, 3.8) is 0 Å². The van der Waals surface area contributed by atoms with Crippen LogP contribution in [0.15, 0.2) is 59.1 Å². The first kappa shape index (κ1) is 14.2. The van der Waals surface area contributed by atoms with E-state index < -0.39 is 0 Å². The molecule has 1 aromatic heterocycles. The summed E-state index contributed by atoms with van der Waals surface area (Å²) in [5.74, 6) is 0.160. The Balaban J connectivity index is 2.16. The second-order valence-electron chi connectivity index (χ2n) is 4.37. The fourth-order valence-corrected chi connectivity index (χ4v) is 2.51. The van der Waals surface area contributed by atoms with Gasteiger partial charge in [0.2, 0.25) is 0 Å². The van der Waals surface area contributed by atoms with E-state index in [2.05, 4.69) is 25.9 Å². The maximum absolute atomic E-state index is 13.0. The number of hydrogen-bond acceptors (Lipinski definition) is 2. The van der Waals surface area contributed by atoms with Gasteiger partial charge >= 0.3 is 0 Å². The Morgan fingerprint density at radius 1 is 0.857 bits per heavy atom. The average Bonchev–Trinajstić information content (AvgIpc) is 2.51. The van der Waals surface area contributed by atoms with Crippen molar-refractivity contribution < 1.29 is 4.39 Å². The minimum atomic E-state index is -0.301. The summed E-state index contributed by atoms with van der Waals surface area (Å²) in [7, 11) is 0. The zero-order chi connectivity index (χ0) is 14.8. The highest BCUT2D eigenvalue weighted by Crippen LogP contribution is 2.33. The second kappa shape index (κ2) is 5.92. The molecule has 1 heterocycles. The lowest BCUT2D eigenvalue weighted by Crippen LogP contribution is -1.95. The maximum Gasteiger partial charge on any atom is 0.161 e. The van der Waals surface area contributed by atoms with Crippen LogP contribution < -0.4 is 0 Å². The topological polar surface area (TPSA) is 25.8 Å². The van der Waals surface area contributed by atoms with Crippen molar-refractivity contribution in [1.82, 2.24) is 9.97 Å². The third-order valence-electron chi connectivity index (χ3n) is 2.96. The molecular formula is C16H9BrClFN2. The van der Waals surface area contributed by atoms with Crippen LogP contribution in [-0.2, 0) is 0 Å². The zero-order valence-corrected chi connectivity index (χ0v) is 13.1. The Labute approximate surface area is 134 Å². The lowest BCUT2D eigenvalue weighted by molar-refractivity contribution is 0.628. The van der Waals surface area contributed by atoms with Crippen molar-refractivity contribution in [3.8, 4) is 22.6 Å². The highest BCUT2D eigenvalue weighted by molar-refractivity contribution is 9.10. The van der Waals surface area contributed by atoms with Crippen LogP contribution in [-0.4, -0.2) is 9.97 Å². The Morgan fingerprint density at radius 2 is 1.52 bits per heavy atom. The summed E-state index contributed by atoms with van der Waals surface area (Å²) in [6.45, 7) is 0. The monoisotopic (exact) mass is 362 g/mol. The molecule has 0 amide bonds. The fraction of sp³-hybridized carbons (Fsp3) is 0. The molecule has 0 atom stereocenters. The van der Waals surface area contributed by atoms with Crippen molar-refractivity contribution in [2.75, 3.05) is 0 Å². The molecule has 0 N–H and O–H groups in total. The Kier molecular flexibility index (Phi) is 3.99. The zero-order valence-electron chi connectivity index (χ0n) is 10.7. The smallest absolute Gasteiger partial charge is 0.161 e. The predicted octanol–water partition coefficient (Wildman–Crippen LogP) is 5.37. The molecule has 2 nitrogen and oxygen atoms in total. The van der Waals surface area contributed by atoms with Crippen LogP contribution in [0.3, 0.4) is 0 Å². The molecule has 3 aromatic rings. The molecule has 0 radical (unpaired) electrons. The predicted molar refractivity (Wildman–Crippen MR) is 85.6 cm³/mol. The fourth-order valence-electron chi connectivity index (χ4n) is 1.94. The number of aromatic nitrogens is 2. The van der Waals surface area contributed by atoms with Gasteiger partial charge in [0, 0.05) is 11.1 Å². The molecule has 2 aromatic carbocycles. The summed E-state index contributed by atoms with van der Waals surface area (Å²) >= 11 is 9.60. The SMILES string of the molecule is Fc1ccc(-c2nc(Cl)c(Br)c(-c3ccccc3)n2)cc1. The summed E-state index contributed by atoms with van der Waals surface area (Å²) in [5, 5.41) is 0.322. The molecule has 0 saturated heterocycles. The Bertz CT molecular complexity index is 776. The first-order valence-corrected chi connectivity index (χ1v) is 7.36. The molecule has 0 fully saturated rings. The first-order chi connectivity index (χ1) is 10.1. The van der Waals surface area contributed by atoms with Gasteiger partial charge in [-0.05, 0) is 40.2 Å². The number of benzene rings is 2. The molecule has 0 bridgehead atoms. The van der Waals surface area contributed by atoms with Crippen molar-refractivity contribution in [3.05, 3.63) is 70.0 Å². The number of rotatable bonds is 2. The summed E-state index contributed by atoms with van der Waals surface area (Å²) in [4.78, 5) is 8.78. The maximum atomic E-state index is 13.0. The number of nitrogens with zero attached hydrogens (tertiary/aromatic N) is 2. The van der Waals surface area contributed by atoms with Crippen LogP contribution in [0.1, 0.15) is 0 Å². The minimum Gasteiger partial charge on any atom is -0.227 e.